The summed E-state index contributed by atoms with van der Waals surface area (Å²) < 4.78 is 0. The first-order valence-electron chi connectivity index (χ1n) is 6.99. The summed E-state index contributed by atoms with van der Waals surface area (Å²) in [4.78, 5) is 13.3. The molecule has 0 aliphatic heterocycles. The minimum Gasteiger partial charge on any atom is -0.322 e. The molecular formula is C17H18ClNOS. The summed E-state index contributed by atoms with van der Waals surface area (Å²) in [6, 6.07) is 14.8. The molecule has 0 radical (unpaired) electrons. The minimum absolute atomic E-state index is 0.149. The van der Waals surface area contributed by atoms with E-state index in [1.54, 1.807) is 24.3 Å². The maximum atomic E-state index is 12.1. The minimum atomic E-state index is -0.149. The van der Waals surface area contributed by atoms with Crippen LogP contribution in [0.4, 0.5) is 5.69 Å². The Morgan fingerprint density at radius 3 is 2.62 bits per heavy atom. The van der Waals surface area contributed by atoms with Crippen molar-refractivity contribution in [2.75, 3.05) is 11.1 Å². The Morgan fingerprint density at radius 2 is 1.95 bits per heavy atom. The van der Waals surface area contributed by atoms with Gasteiger partial charge in [-0.3, -0.25) is 4.79 Å². The molecule has 2 rings (SSSR count). The standard InChI is InChI=1S/C17H18ClNOS/c1-2-3-11-21-16-9-7-15(8-10-16)19-17(20)13-5-4-6-14(18)12-13/h4-10,12H,2-3,11H2,1H3,(H,19,20). The van der Waals surface area contributed by atoms with Crippen molar-refractivity contribution < 1.29 is 4.79 Å². The van der Waals surface area contributed by atoms with Crippen molar-refractivity contribution in [2.45, 2.75) is 24.7 Å². The summed E-state index contributed by atoms with van der Waals surface area (Å²) in [7, 11) is 0. The number of carbonyl (C=O) groups is 1. The van der Waals surface area contributed by atoms with E-state index in [2.05, 4.69) is 12.2 Å². The molecule has 21 heavy (non-hydrogen) atoms. The number of unbranched alkanes of at least 4 members (excludes halogenated alkanes) is 1. The summed E-state index contributed by atoms with van der Waals surface area (Å²) in [5.41, 5.74) is 1.35. The van der Waals surface area contributed by atoms with Crippen LogP contribution in [-0.4, -0.2) is 11.7 Å². The highest BCUT2D eigenvalue weighted by molar-refractivity contribution is 7.99. The molecule has 0 heterocycles. The molecule has 1 N–H and O–H groups in total. The second-order valence-electron chi connectivity index (χ2n) is 4.69. The van der Waals surface area contributed by atoms with Crippen LogP contribution in [0, 0.1) is 0 Å². The van der Waals surface area contributed by atoms with Gasteiger partial charge in [-0.15, -0.1) is 11.8 Å². The van der Waals surface area contributed by atoms with E-state index in [4.69, 9.17) is 11.6 Å². The zero-order chi connectivity index (χ0) is 15.1. The fourth-order valence-corrected chi connectivity index (χ4v) is 2.99. The lowest BCUT2D eigenvalue weighted by molar-refractivity contribution is 0.102. The average Bonchev–Trinajstić information content (AvgIpc) is 2.49. The summed E-state index contributed by atoms with van der Waals surface area (Å²) in [6.45, 7) is 2.19. The van der Waals surface area contributed by atoms with Gasteiger partial charge in [0.05, 0.1) is 0 Å². The highest BCUT2D eigenvalue weighted by atomic mass is 35.5. The average molecular weight is 320 g/mol. The Kier molecular flexibility index (Phi) is 6.15. The molecule has 0 atom stereocenters. The quantitative estimate of drug-likeness (QED) is 0.564. The SMILES string of the molecule is CCCCSc1ccc(NC(=O)c2cccc(Cl)c2)cc1. The third kappa shape index (κ3) is 5.10. The van der Waals surface area contributed by atoms with E-state index < -0.39 is 0 Å². The van der Waals surface area contributed by atoms with Crippen molar-refractivity contribution in [2.24, 2.45) is 0 Å². The second-order valence-corrected chi connectivity index (χ2v) is 6.30. The van der Waals surface area contributed by atoms with E-state index in [1.807, 2.05) is 36.0 Å². The van der Waals surface area contributed by atoms with Crippen LogP contribution in [0.25, 0.3) is 0 Å². The number of rotatable bonds is 6. The molecule has 0 fully saturated rings. The summed E-state index contributed by atoms with van der Waals surface area (Å²) in [5, 5.41) is 3.43. The summed E-state index contributed by atoms with van der Waals surface area (Å²) in [5.74, 6) is 0.981. The third-order valence-electron chi connectivity index (χ3n) is 2.97. The number of benzene rings is 2. The molecule has 1 amide bonds. The highest BCUT2D eigenvalue weighted by Crippen LogP contribution is 2.22. The van der Waals surface area contributed by atoms with Crippen LogP contribution < -0.4 is 5.32 Å². The van der Waals surface area contributed by atoms with Crippen molar-refractivity contribution in [3.8, 4) is 0 Å². The molecule has 0 spiro atoms. The Morgan fingerprint density at radius 1 is 1.19 bits per heavy atom. The maximum absolute atomic E-state index is 12.1. The molecule has 2 aromatic rings. The Balaban J connectivity index is 1.95. The van der Waals surface area contributed by atoms with Gasteiger partial charge in [0.15, 0.2) is 0 Å². The van der Waals surface area contributed by atoms with Crippen LogP contribution in [0.15, 0.2) is 53.4 Å². The first kappa shape index (κ1) is 15.9. The number of anilines is 1. The van der Waals surface area contributed by atoms with Gasteiger partial charge in [-0.05, 0) is 54.6 Å². The first-order chi connectivity index (χ1) is 10.2. The van der Waals surface area contributed by atoms with E-state index >= 15 is 0 Å². The number of halogens is 1. The highest BCUT2D eigenvalue weighted by Gasteiger charge is 2.06. The van der Waals surface area contributed by atoms with Crippen LogP contribution >= 0.6 is 23.4 Å². The van der Waals surface area contributed by atoms with Gasteiger partial charge in [0, 0.05) is 21.2 Å². The predicted octanol–water partition coefficient (Wildman–Crippen LogP) is 5.48. The molecule has 2 nitrogen and oxygen atoms in total. The number of amides is 1. The van der Waals surface area contributed by atoms with Crippen molar-refractivity contribution in [3.63, 3.8) is 0 Å². The Labute approximate surface area is 134 Å². The number of carbonyl (C=O) groups excluding carboxylic acids is 1. The molecule has 0 aliphatic carbocycles. The first-order valence-corrected chi connectivity index (χ1v) is 8.35. The lowest BCUT2D eigenvalue weighted by Gasteiger charge is -2.07. The molecule has 2 aromatic carbocycles. The van der Waals surface area contributed by atoms with Gasteiger partial charge in [-0.25, -0.2) is 0 Å². The summed E-state index contributed by atoms with van der Waals surface area (Å²) >= 11 is 7.73. The lowest BCUT2D eigenvalue weighted by atomic mass is 10.2. The largest absolute Gasteiger partial charge is 0.322 e. The van der Waals surface area contributed by atoms with Crippen molar-refractivity contribution >= 4 is 35.0 Å². The van der Waals surface area contributed by atoms with Crippen LogP contribution in [0.5, 0.6) is 0 Å². The van der Waals surface area contributed by atoms with E-state index in [1.165, 1.54) is 17.7 Å². The molecule has 0 bridgehead atoms. The molecule has 110 valence electrons. The molecule has 4 heteroatoms. The fourth-order valence-electron chi connectivity index (χ4n) is 1.80. The fraction of sp³-hybridized carbons (Fsp3) is 0.235. The van der Waals surface area contributed by atoms with Crippen molar-refractivity contribution in [1.82, 2.24) is 0 Å². The molecule has 0 saturated heterocycles. The van der Waals surface area contributed by atoms with Crippen LogP contribution in [-0.2, 0) is 0 Å². The van der Waals surface area contributed by atoms with Crippen molar-refractivity contribution in [3.05, 3.63) is 59.1 Å². The Bertz CT molecular complexity index is 598. The monoisotopic (exact) mass is 319 g/mol. The van der Waals surface area contributed by atoms with Gasteiger partial charge in [-0.1, -0.05) is 31.0 Å². The molecule has 0 unspecified atom stereocenters. The number of hydrogen-bond acceptors (Lipinski definition) is 2. The zero-order valence-electron chi connectivity index (χ0n) is 11.9. The zero-order valence-corrected chi connectivity index (χ0v) is 13.5. The van der Waals surface area contributed by atoms with Crippen molar-refractivity contribution in [1.29, 1.82) is 0 Å². The molecule has 0 aromatic heterocycles. The number of hydrogen-bond donors (Lipinski definition) is 1. The smallest absolute Gasteiger partial charge is 0.255 e. The van der Waals surface area contributed by atoms with E-state index in [-0.39, 0.29) is 5.91 Å². The van der Waals surface area contributed by atoms with E-state index in [0.29, 0.717) is 10.6 Å². The lowest BCUT2D eigenvalue weighted by Crippen LogP contribution is -2.11. The van der Waals surface area contributed by atoms with E-state index in [0.717, 1.165) is 11.4 Å². The van der Waals surface area contributed by atoms with Crippen LogP contribution in [0.1, 0.15) is 30.1 Å². The Hall–Kier alpha value is -1.45. The maximum Gasteiger partial charge on any atom is 0.255 e. The van der Waals surface area contributed by atoms with Crippen LogP contribution in [0.2, 0.25) is 5.02 Å². The van der Waals surface area contributed by atoms with Gasteiger partial charge in [-0.2, -0.15) is 0 Å². The van der Waals surface area contributed by atoms with Crippen LogP contribution in [0.3, 0.4) is 0 Å². The second kappa shape index (κ2) is 8.11. The van der Waals surface area contributed by atoms with Gasteiger partial charge in [0.1, 0.15) is 0 Å². The normalized spacial score (nSPS) is 10.4. The topological polar surface area (TPSA) is 29.1 Å². The summed E-state index contributed by atoms with van der Waals surface area (Å²) in [6.07, 6.45) is 2.43. The molecule has 0 saturated carbocycles. The van der Waals surface area contributed by atoms with E-state index in [9.17, 15) is 4.79 Å². The van der Waals surface area contributed by atoms with Gasteiger partial charge in [0.25, 0.3) is 5.91 Å². The van der Waals surface area contributed by atoms with Gasteiger partial charge < -0.3 is 5.32 Å². The number of nitrogens with one attached hydrogen (secondary N) is 1. The van der Waals surface area contributed by atoms with Gasteiger partial charge in [0.2, 0.25) is 0 Å². The number of thioether (sulfide) groups is 1. The predicted molar refractivity (Wildman–Crippen MR) is 91.5 cm³/mol. The molecule has 0 aliphatic rings. The third-order valence-corrected chi connectivity index (χ3v) is 4.30. The van der Waals surface area contributed by atoms with Gasteiger partial charge >= 0.3 is 0 Å². The molecular weight excluding hydrogens is 302 g/mol.